The van der Waals surface area contributed by atoms with Crippen LogP contribution in [0.5, 0.6) is 5.75 Å². The molecule has 3 aliphatic rings. The predicted molar refractivity (Wildman–Crippen MR) is 103 cm³/mol. The van der Waals surface area contributed by atoms with Gasteiger partial charge in [0.05, 0.1) is 4.90 Å². The zero-order chi connectivity index (χ0) is 20.6. The molecule has 1 aromatic rings. The first kappa shape index (κ1) is 21.0. The van der Waals surface area contributed by atoms with Gasteiger partial charge in [-0.2, -0.15) is 8.78 Å². The normalized spacial score (nSPS) is 31.3. The number of nitrogens with two attached hydrogens (primary N) is 1. The maximum Gasteiger partial charge on any atom is 0.387 e. The third-order valence-corrected chi connectivity index (χ3v) is 8.72. The lowest BCUT2D eigenvalue weighted by Crippen LogP contribution is -2.43. The van der Waals surface area contributed by atoms with E-state index in [-0.39, 0.29) is 28.5 Å². The highest BCUT2D eigenvalue weighted by atomic mass is 32.2. The van der Waals surface area contributed by atoms with Gasteiger partial charge in [0.25, 0.3) is 0 Å². The van der Waals surface area contributed by atoms with Crippen LogP contribution in [0.1, 0.15) is 25.7 Å². The van der Waals surface area contributed by atoms with Crippen LogP contribution >= 0.6 is 0 Å². The smallest absolute Gasteiger partial charge is 0.387 e. The second kappa shape index (κ2) is 8.45. The number of ether oxygens (including phenoxy) is 2. The first-order chi connectivity index (χ1) is 13.8. The Labute approximate surface area is 170 Å². The lowest BCUT2D eigenvalue weighted by Gasteiger charge is -2.32. The third-order valence-electron chi connectivity index (χ3n) is 6.51. The van der Waals surface area contributed by atoms with Crippen molar-refractivity contribution in [3.63, 3.8) is 0 Å². The monoisotopic (exact) mass is 430 g/mol. The average molecular weight is 431 g/mol. The van der Waals surface area contributed by atoms with Gasteiger partial charge in [0, 0.05) is 32.3 Å². The first-order valence-electron chi connectivity index (χ1n) is 10.2. The Balaban J connectivity index is 1.58. The molecule has 0 aromatic heterocycles. The number of benzene rings is 1. The van der Waals surface area contributed by atoms with E-state index in [9.17, 15) is 17.2 Å². The molecule has 0 radical (unpaired) electrons. The number of fused-ring (bicyclic) bond motifs is 1. The number of nitrogens with zero attached hydrogens (tertiary/aromatic N) is 1. The van der Waals surface area contributed by atoms with E-state index in [1.54, 1.807) is 0 Å². The van der Waals surface area contributed by atoms with Gasteiger partial charge in [-0.3, -0.25) is 4.90 Å². The molecule has 1 saturated carbocycles. The summed E-state index contributed by atoms with van der Waals surface area (Å²) in [6.07, 6.45) is 3.43. The molecule has 6 nitrogen and oxygen atoms in total. The first-order valence-corrected chi connectivity index (χ1v) is 11.8. The van der Waals surface area contributed by atoms with Crippen LogP contribution in [0.4, 0.5) is 8.78 Å². The molecule has 3 fully saturated rings. The highest BCUT2D eigenvalue weighted by Gasteiger charge is 2.52. The molecule has 0 bridgehead atoms. The van der Waals surface area contributed by atoms with E-state index in [1.807, 2.05) is 0 Å². The maximum atomic E-state index is 13.6. The van der Waals surface area contributed by atoms with E-state index in [2.05, 4.69) is 9.64 Å². The Morgan fingerprint density at radius 2 is 1.86 bits per heavy atom. The van der Waals surface area contributed by atoms with E-state index >= 15 is 0 Å². The maximum absolute atomic E-state index is 13.6. The number of halogens is 2. The summed E-state index contributed by atoms with van der Waals surface area (Å²) in [6, 6.07) is 5.34. The molecular formula is C20H28F2N2O4S. The summed E-state index contributed by atoms with van der Waals surface area (Å²) >= 11 is 0. The van der Waals surface area contributed by atoms with Crippen molar-refractivity contribution in [2.24, 2.45) is 23.5 Å². The summed E-state index contributed by atoms with van der Waals surface area (Å²) in [7, 11) is -3.67. The predicted octanol–water partition coefficient (Wildman–Crippen LogP) is 2.48. The van der Waals surface area contributed by atoms with Gasteiger partial charge in [0.2, 0.25) is 0 Å². The molecule has 1 aliphatic carbocycles. The van der Waals surface area contributed by atoms with Gasteiger partial charge in [-0.25, -0.2) is 8.42 Å². The Hall–Kier alpha value is -1.29. The second-order valence-corrected chi connectivity index (χ2v) is 10.5. The molecule has 4 atom stereocenters. The fourth-order valence-corrected chi connectivity index (χ4v) is 7.41. The molecule has 1 aromatic carbocycles. The Kier molecular flexibility index (Phi) is 6.11. The van der Waals surface area contributed by atoms with E-state index in [0.29, 0.717) is 12.3 Å². The van der Waals surface area contributed by atoms with E-state index < -0.39 is 21.8 Å². The number of rotatable bonds is 6. The molecule has 2 saturated heterocycles. The van der Waals surface area contributed by atoms with Crippen molar-refractivity contribution < 1.29 is 26.7 Å². The number of alkyl halides is 2. The van der Waals surface area contributed by atoms with Crippen LogP contribution in [0.25, 0.3) is 0 Å². The van der Waals surface area contributed by atoms with Gasteiger partial charge in [-0.05, 0) is 67.7 Å². The number of hydrogen-bond acceptors (Lipinski definition) is 6. The van der Waals surface area contributed by atoms with Crippen LogP contribution in [0, 0.1) is 17.8 Å². The van der Waals surface area contributed by atoms with Gasteiger partial charge in [0.1, 0.15) is 11.1 Å². The topological polar surface area (TPSA) is 81.9 Å². The summed E-state index contributed by atoms with van der Waals surface area (Å²) in [5.41, 5.74) is 6.15. The molecular weight excluding hydrogens is 402 g/mol. The minimum absolute atomic E-state index is 0.00633. The minimum atomic E-state index is -3.67. The fraction of sp³-hybridized carbons (Fsp3) is 0.700. The van der Waals surface area contributed by atoms with Crippen molar-refractivity contribution in [2.45, 2.75) is 48.6 Å². The molecule has 29 heavy (non-hydrogen) atoms. The summed E-state index contributed by atoms with van der Waals surface area (Å²) in [6.45, 7) is -0.0183. The van der Waals surface area contributed by atoms with Gasteiger partial charge >= 0.3 is 6.61 Å². The lowest BCUT2D eigenvalue weighted by molar-refractivity contribution is -0.0498. The number of sulfone groups is 1. The molecule has 2 aliphatic heterocycles. The third kappa shape index (κ3) is 4.42. The summed E-state index contributed by atoms with van der Waals surface area (Å²) in [4.78, 5) is 2.26. The number of likely N-dealkylation sites (tertiary alicyclic amines) is 1. The Morgan fingerprint density at radius 1 is 1.17 bits per heavy atom. The Bertz CT molecular complexity index is 799. The lowest BCUT2D eigenvalue weighted by atomic mass is 10.00. The van der Waals surface area contributed by atoms with Crippen molar-refractivity contribution in [3.05, 3.63) is 24.3 Å². The standard InChI is InChI=1S/C20H28F2N2O4S/c21-20(22)28-16-1-3-17(4-2-16)29(25,26)19-18-10-15(23)9-14(18)12-24(19)11-13-5-7-27-8-6-13/h1-4,13-15,18-20H,5-12,23H2/t14-,15+,18+,19+/m1/s1. The summed E-state index contributed by atoms with van der Waals surface area (Å²) in [5, 5.41) is -0.620. The average Bonchev–Trinajstić information content (AvgIpc) is 3.17. The summed E-state index contributed by atoms with van der Waals surface area (Å²) in [5.74, 6) is 0.666. The fourth-order valence-electron chi connectivity index (χ4n) is 5.25. The van der Waals surface area contributed by atoms with E-state index in [1.165, 1.54) is 24.3 Å². The molecule has 162 valence electrons. The SMILES string of the molecule is N[C@H]1C[C@@H]2CN(CC3CCOCC3)[C@@H](S(=O)(=O)c3ccc(OC(F)F)cc3)[C@H]2C1. The van der Waals surface area contributed by atoms with Crippen molar-refractivity contribution in [3.8, 4) is 5.75 Å². The molecule has 0 amide bonds. The molecule has 2 heterocycles. The largest absolute Gasteiger partial charge is 0.435 e. The van der Waals surface area contributed by atoms with Crippen molar-refractivity contribution >= 4 is 9.84 Å². The Morgan fingerprint density at radius 3 is 2.52 bits per heavy atom. The van der Waals surface area contributed by atoms with Crippen molar-refractivity contribution in [1.29, 1.82) is 0 Å². The van der Waals surface area contributed by atoms with Crippen molar-refractivity contribution in [1.82, 2.24) is 4.90 Å². The van der Waals surface area contributed by atoms with E-state index in [4.69, 9.17) is 10.5 Å². The highest BCUT2D eigenvalue weighted by Crippen LogP contribution is 2.45. The molecule has 0 spiro atoms. The molecule has 9 heteroatoms. The van der Waals surface area contributed by atoms with Crippen LogP contribution in [-0.2, 0) is 14.6 Å². The molecule has 2 N–H and O–H groups in total. The van der Waals surface area contributed by atoms with E-state index in [0.717, 1.165) is 45.6 Å². The van der Waals surface area contributed by atoms with Gasteiger partial charge < -0.3 is 15.2 Å². The quantitative estimate of drug-likeness (QED) is 0.747. The zero-order valence-electron chi connectivity index (χ0n) is 16.3. The van der Waals surface area contributed by atoms with Crippen LogP contribution < -0.4 is 10.5 Å². The van der Waals surface area contributed by atoms with Gasteiger partial charge in [0.15, 0.2) is 9.84 Å². The number of hydrogen-bond donors (Lipinski definition) is 1. The highest BCUT2D eigenvalue weighted by molar-refractivity contribution is 7.92. The van der Waals surface area contributed by atoms with Crippen LogP contribution in [0.2, 0.25) is 0 Å². The van der Waals surface area contributed by atoms with Crippen LogP contribution in [0.3, 0.4) is 0 Å². The van der Waals surface area contributed by atoms with Crippen LogP contribution in [0.15, 0.2) is 29.2 Å². The molecule has 4 rings (SSSR count). The minimum Gasteiger partial charge on any atom is -0.435 e. The van der Waals surface area contributed by atoms with Gasteiger partial charge in [-0.1, -0.05) is 0 Å². The second-order valence-electron chi connectivity index (χ2n) is 8.45. The van der Waals surface area contributed by atoms with Crippen molar-refractivity contribution in [2.75, 3.05) is 26.3 Å². The summed E-state index contributed by atoms with van der Waals surface area (Å²) < 4.78 is 61.7. The zero-order valence-corrected chi connectivity index (χ0v) is 17.1. The van der Waals surface area contributed by atoms with Crippen LogP contribution in [-0.4, -0.2) is 57.6 Å². The molecule has 0 unspecified atom stereocenters. The van der Waals surface area contributed by atoms with Gasteiger partial charge in [-0.15, -0.1) is 0 Å².